The molecule has 1 saturated heterocycles. The van der Waals surface area contributed by atoms with Crippen molar-refractivity contribution in [3.8, 4) is 5.69 Å². The third kappa shape index (κ3) is 5.19. The van der Waals surface area contributed by atoms with Gasteiger partial charge in [0.15, 0.2) is 0 Å². The first kappa shape index (κ1) is 21.7. The van der Waals surface area contributed by atoms with E-state index in [0.29, 0.717) is 12.2 Å². The van der Waals surface area contributed by atoms with E-state index in [2.05, 4.69) is 15.2 Å². The molecule has 1 fully saturated rings. The highest BCUT2D eigenvalue weighted by Gasteiger charge is 2.19. The van der Waals surface area contributed by atoms with Crippen molar-refractivity contribution in [2.45, 2.75) is 32.0 Å². The SMILES string of the molecule is O=C(NCc1ccc(CN2CCC(O)CC2)cc1)c1ccc(-n2ccnc2)c([N+](=O)[O-])c1. The molecule has 0 spiro atoms. The van der Waals surface area contributed by atoms with Gasteiger partial charge in [-0.1, -0.05) is 24.3 Å². The first-order valence-corrected chi connectivity index (χ1v) is 10.5. The third-order valence-corrected chi connectivity index (χ3v) is 5.66. The number of carbonyl (C=O) groups excluding carboxylic acids is 1. The van der Waals surface area contributed by atoms with Crippen LogP contribution in [0.4, 0.5) is 5.69 Å². The molecule has 3 aromatic rings. The van der Waals surface area contributed by atoms with Crippen molar-refractivity contribution < 1.29 is 14.8 Å². The van der Waals surface area contributed by atoms with Crippen molar-refractivity contribution in [3.63, 3.8) is 0 Å². The number of likely N-dealkylation sites (tertiary alicyclic amines) is 1. The molecule has 0 atom stereocenters. The third-order valence-electron chi connectivity index (χ3n) is 5.66. The molecule has 0 saturated carbocycles. The molecule has 2 N–H and O–H groups in total. The monoisotopic (exact) mass is 435 g/mol. The summed E-state index contributed by atoms with van der Waals surface area (Å²) >= 11 is 0. The first-order chi connectivity index (χ1) is 15.5. The molecule has 2 aromatic carbocycles. The maximum absolute atomic E-state index is 12.6. The number of rotatable bonds is 7. The molecule has 9 nitrogen and oxygen atoms in total. The first-order valence-electron chi connectivity index (χ1n) is 10.5. The molecule has 0 aliphatic carbocycles. The highest BCUT2D eigenvalue weighted by molar-refractivity contribution is 5.95. The Morgan fingerprint density at radius 1 is 1.16 bits per heavy atom. The maximum Gasteiger partial charge on any atom is 0.294 e. The number of hydrogen-bond acceptors (Lipinski definition) is 6. The number of piperidine rings is 1. The topological polar surface area (TPSA) is 114 Å². The minimum atomic E-state index is -0.506. The summed E-state index contributed by atoms with van der Waals surface area (Å²) in [5.74, 6) is -0.374. The Bertz CT molecular complexity index is 1070. The second-order valence-electron chi connectivity index (χ2n) is 7.94. The fraction of sp³-hybridized carbons (Fsp3) is 0.304. The Hall–Kier alpha value is -3.56. The average Bonchev–Trinajstić information content (AvgIpc) is 3.34. The molecule has 166 valence electrons. The molecule has 1 aliphatic heterocycles. The summed E-state index contributed by atoms with van der Waals surface area (Å²) in [6.07, 6.45) is 6.06. The molecule has 2 heterocycles. The van der Waals surface area contributed by atoms with Gasteiger partial charge < -0.3 is 15.0 Å². The second kappa shape index (κ2) is 9.71. The van der Waals surface area contributed by atoms with E-state index in [0.717, 1.165) is 38.0 Å². The number of aliphatic hydroxyl groups is 1. The van der Waals surface area contributed by atoms with Crippen LogP contribution in [0.15, 0.2) is 61.2 Å². The van der Waals surface area contributed by atoms with Gasteiger partial charge in [-0.2, -0.15) is 0 Å². The summed E-state index contributed by atoms with van der Waals surface area (Å²) in [7, 11) is 0. The molecule has 32 heavy (non-hydrogen) atoms. The summed E-state index contributed by atoms with van der Waals surface area (Å²) < 4.78 is 1.54. The number of aliphatic hydroxyl groups excluding tert-OH is 1. The van der Waals surface area contributed by atoms with E-state index in [1.165, 1.54) is 28.7 Å². The highest BCUT2D eigenvalue weighted by atomic mass is 16.6. The number of imidazole rings is 1. The van der Waals surface area contributed by atoms with Crippen LogP contribution in [-0.2, 0) is 13.1 Å². The van der Waals surface area contributed by atoms with Crippen LogP contribution in [0.5, 0.6) is 0 Å². The van der Waals surface area contributed by atoms with Crippen LogP contribution in [0.25, 0.3) is 5.69 Å². The van der Waals surface area contributed by atoms with Gasteiger partial charge in [0, 0.05) is 50.2 Å². The van der Waals surface area contributed by atoms with E-state index < -0.39 is 4.92 Å². The number of amides is 1. The lowest BCUT2D eigenvalue weighted by Gasteiger charge is -2.29. The number of nitrogens with zero attached hydrogens (tertiary/aromatic N) is 4. The molecule has 1 aliphatic rings. The Morgan fingerprint density at radius 3 is 2.53 bits per heavy atom. The number of benzene rings is 2. The Balaban J connectivity index is 1.36. The van der Waals surface area contributed by atoms with E-state index in [-0.39, 0.29) is 23.3 Å². The second-order valence-corrected chi connectivity index (χ2v) is 7.94. The van der Waals surface area contributed by atoms with Crippen LogP contribution >= 0.6 is 0 Å². The van der Waals surface area contributed by atoms with Gasteiger partial charge in [-0.05, 0) is 36.1 Å². The van der Waals surface area contributed by atoms with Crippen molar-refractivity contribution in [1.29, 1.82) is 0 Å². The number of nitro groups is 1. The Labute approximate surface area is 185 Å². The van der Waals surface area contributed by atoms with Crippen molar-refractivity contribution in [3.05, 3.63) is 88.0 Å². The smallest absolute Gasteiger partial charge is 0.294 e. The van der Waals surface area contributed by atoms with Gasteiger partial charge in [0.25, 0.3) is 11.6 Å². The minimum absolute atomic E-state index is 0.162. The summed E-state index contributed by atoms with van der Waals surface area (Å²) in [5.41, 5.74) is 2.54. The average molecular weight is 435 g/mol. The van der Waals surface area contributed by atoms with Gasteiger partial charge in [-0.15, -0.1) is 0 Å². The minimum Gasteiger partial charge on any atom is -0.393 e. The summed E-state index contributed by atoms with van der Waals surface area (Å²) in [6.45, 7) is 2.95. The Morgan fingerprint density at radius 2 is 1.88 bits per heavy atom. The van der Waals surface area contributed by atoms with Crippen LogP contribution in [-0.4, -0.2) is 49.6 Å². The number of nitro benzene ring substituents is 1. The lowest BCUT2D eigenvalue weighted by atomic mass is 10.1. The lowest BCUT2D eigenvalue weighted by Crippen LogP contribution is -2.35. The molecule has 0 radical (unpaired) electrons. The van der Waals surface area contributed by atoms with Gasteiger partial charge in [-0.3, -0.25) is 19.8 Å². The van der Waals surface area contributed by atoms with Gasteiger partial charge in [-0.25, -0.2) is 4.98 Å². The van der Waals surface area contributed by atoms with Gasteiger partial charge >= 0.3 is 0 Å². The van der Waals surface area contributed by atoms with Crippen LogP contribution in [0.1, 0.15) is 34.3 Å². The molecule has 9 heteroatoms. The molecular formula is C23H25N5O4. The van der Waals surface area contributed by atoms with Crippen LogP contribution in [0.2, 0.25) is 0 Å². The standard InChI is InChI=1S/C23H25N5O4/c29-20-7-10-26(11-8-20)15-18-3-1-17(2-4-18)14-25-23(30)19-5-6-21(22(13-19)28(31)32)27-12-9-24-16-27/h1-6,9,12-13,16,20,29H,7-8,10-11,14-15H2,(H,25,30). The number of carbonyl (C=O) groups is 1. The quantitative estimate of drug-likeness (QED) is 0.436. The van der Waals surface area contributed by atoms with Crippen molar-refractivity contribution >= 4 is 11.6 Å². The molecule has 4 rings (SSSR count). The number of aromatic nitrogens is 2. The van der Waals surface area contributed by atoms with E-state index in [9.17, 15) is 20.0 Å². The van der Waals surface area contributed by atoms with Crippen molar-refractivity contribution in [2.75, 3.05) is 13.1 Å². The molecule has 0 unspecified atom stereocenters. The lowest BCUT2D eigenvalue weighted by molar-refractivity contribution is -0.384. The van der Waals surface area contributed by atoms with Crippen molar-refractivity contribution in [1.82, 2.24) is 19.8 Å². The predicted octanol–water partition coefficient (Wildman–Crippen LogP) is 2.67. The van der Waals surface area contributed by atoms with Gasteiger partial charge in [0.05, 0.1) is 17.4 Å². The highest BCUT2D eigenvalue weighted by Crippen LogP contribution is 2.24. The molecule has 1 amide bonds. The van der Waals surface area contributed by atoms with E-state index >= 15 is 0 Å². The largest absolute Gasteiger partial charge is 0.393 e. The van der Waals surface area contributed by atoms with Crippen molar-refractivity contribution in [2.24, 2.45) is 0 Å². The zero-order valence-corrected chi connectivity index (χ0v) is 17.6. The summed E-state index contributed by atoms with van der Waals surface area (Å²) in [6, 6.07) is 12.4. The maximum atomic E-state index is 12.6. The van der Waals surface area contributed by atoms with Crippen LogP contribution in [0.3, 0.4) is 0 Å². The summed E-state index contributed by atoms with van der Waals surface area (Å²) in [5, 5.41) is 23.9. The van der Waals surface area contributed by atoms with Crippen LogP contribution in [0, 0.1) is 10.1 Å². The fourth-order valence-electron chi connectivity index (χ4n) is 3.81. The van der Waals surface area contributed by atoms with Gasteiger partial charge in [0.1, 0.15) is 5.69 Å². The van der Waals surface area contributed by atoms with E-state index in [1.54, 1.807) is 18.3 Å². The predicted molar refractivity (Wildman–Crippen MR) is 118 cm³/mol. The zero-order valence-electron chi connectivity index (χ0n) is 17.6. The molecule has 1 aromatic heterocycles. The van der Waals surface area contributed by atoms with Gasteiger partial charge in [0.2, 0.25) is 0 Å². The zero-order chi connectivity index (χ0) is 22.5. The Kier molecular flexibility index (Phi) is 6.58. The normalized spacial score (nSPS) is 14.9. The van der Waals surface area contributed by atoms with E-state index in [1.807, 2.05) is 24.3 Å². The molecule has 0 bridgehead atoms. The summed E-state index contributed by atoms with van der Waals surface area (Å²) in [4.78, 5) is 29.8. The number of nitrogens with one attached hydrogen (secondary N) is 1. The number of hydrogen-bond donors (Lipinski definition) is 2. The van der Waals surface area contributed by atoms with E-state index in [4.69, 9.17) is 0 Å². The van der Waals surface area contributed by atoms with Crippen LogP contribution < -0.4 is 5.32 Å². The molecular weight excluding hydrogens is 410 g/mol. The fourth-order valence-corrected chi connectivity index (χ4v) is 3.81.